The molecule has 0 radical (unpaired) electrons. The van der Waals surface area contributed by atoms with Gasteiger partial charge in [0.1, 0.15) is 19.0 Å². The first-order valence-corrected chi connectivity index (χ1v) is 12.3. The molecule has 0 fully saturated rings. The summed E-state index contributed by atoms with van der Waals surface area (Å²) in [5.41, 5.74) is 8.12. The number of benzene rings is 3. The number of hydrogen-bond acceptors (Lipinski definition) is 4. The van der Waals surface area contributed by atoms with Crippen LogP contribution < -0.4 is 4.74 Å². The lowest BCUT2D eigenvalue weighted by Gasteiger charge is -2.16. The first-order chi connectivity index (χ1) is 16.9. The zero-order valence-electron chi connectivity index (χ0n) is 21.1. The number of carbonyl (C=O) groups excluding carboxylic acids is 1. The average molecular weight is 473 g/mol. The molecular weight excluding hydrogens is 436 g/mol. The number of aliphatic hydroxyl groups excluding tert-OH is 1. The second kappa shape index (κ2) is 12.9. The van der Waals surface area contributed by atoms with Gasteiger partial charge in [0.25, 0.3) is 0 Å². The molecule has 0 amide bonds. The van der Waals surface area contributed by atoms with Crippen molar-refractivity contribution in [2.24, 2.45) is 0 Å². The molecule has 0 aliphatic carbocycles. The van der Waals surface area contributed by atoms with Crippen molar-refractivity contribution in [3.63, 3.8) is 0 Å². The number of rotatable bonds is 12. The van der Waals surface area contributed by atoms with Gasteiger partial charge >= 0.3 is 5.97 Å². The van der Waals surface area contributed by atoms with E-state index in [2.05, 4.69) is 62.9 Å². The lowest BCUT2D eigenvalue weighted by molar-refractivity contribution is -0.140. The number of carbonyl (C=O) groups is 1. The first kappa shape index (κ1) is 26.2. The molecule has 184 valence electrons. The van der Waals surface area contributed by atoms with E-state index < -0.39 is 5.97 Å². The SMILES string of the molecule is C=C(C)C(=O)OCc1cc(OCCO)ccc1-c1ccc(-c2ccc(CCCCC)cc2)cc1C. The molecule has 0 spiro atoms. The Morgan fingerprint density at radius 2 is 1.66 bits per heavy atom. The molecule has 4 nitrogen and oxygen atoms in total. The summed E-state index contributed by atoms with van der Waals surface area (Å²) in [4.78, 5) is 12.0. The highest BCUT2D eigenvalue weighted by Gasteiger charge is 2.13. The molecule has 3 aromatic carbocycles. The molecule has 0 aromatic heterocycles. The number of ether oxygens (including phenoxy) is 2. The van der Waals surface area contributed by atoms with Crippen molar-refractivity contribution in [3.8, 4) is 28.0 Å². The van der Waals surface area contributed by atoms with Gasteiger partial charge in [-0.25, -0.2) is 4.79 Å². The van der Waals surface area contributed by atoms with E-state index in [0.717, 1.165) is 28.7 Å². The van der Waals surface area contributed by atoms with Crippen LogP contribution in [0.4, 0.5) is 0 Å². The van der Waals surface area contributed by atoms with Crippen molar-refractivity contribution in [2.75, 3.05) is 13.2 Å². The number of aliphatic hydroxyl groups is 1. The zero-order valence-corrected chi connectivity index (χ0v) is 21.1. The third kappa shape index (κ3) is 7.30. The molecule has 0 aliphatic heterocycles. The lowest BCUT2D eigenvalue weighted by atomic mass is 9.92. The predicted octanol–water partition coefficient (Wildman–Crippen LogP) is 7.05. The minimum absolute atomic E-state index is 0.0674. The van der Waals surface area contributed by atoms with Crippen LogP contribution in [-0.2, 0) is 22.6 Å². The van der Waals surface area contributed by atoms with Crippen molar-refractivity contribution in [1.29, 1.82) is 0 Å². The molecule has 0 saturated heterocycles. The van der Waals surface area contributed by atoms with Crippen molar-refractivity contribution in [3.05, 3.63) is 89.5 Å². The average Bonchev–Trinajstić information content (AvgIpc) is 2.86. The molecule has 35 heavy (non-hydrogen) atoms. The fraction of sp³-hybridized carbons (Fsp3) is 0.323. The van der Waals surface area contributed by atoms with Crippen LogP contribution in [0.25, 0.3) is 22.3 Å². The van der Waals surface area contributed by atoms with Crippen LogP contribution in [-0.4, -0.2) is 24.3 Å². The summed E-state index contributed by atoms with van der Waals surface area (Å²) >= 11 is 0. The molecular formula is C31H36O4. The van der Waals surface area contributed by atoms with Gasteiger partial charge in [-0.3, -0.25) is 0 Å². The third-order valence-corrected chi connectivity index (χ3v) is 6.02. The minimum atomic E-state index is -0.428. The van der Waals surface area contributed by atoms with Gasteiger partial charge in [0.2, 0.25) is 0 Å². The molecule has 0 aliphatic rings. The van der Waals surface area contributed by atoms with E-state index in [0.29, 0.717) is 11.3 Å². The maximum atomic E-state index is 12.0. The Balaban J connectivity index is 1.86. The molecule has 0 bridgehead atoms. The molecule has 0 atom stereocenters. The summed E-state index contributed by atoms with van der Waals surface area (Å²) < 4.78 is 11.0. The van der Waals surface area contributed by atoms with E-state index in [-0.39, 0.29) is 19.8 Å². The molecule has 3 rings (SSSR count). The Hall–Kier alpha value is -3.37. The minimum Gasteiger partial charge on any atom is -0.491 e. The normalized spacial score (nSPS) is 10.7. The predicted molar refractivity (Wildman–Crippen MR) is 142 cm³/mol. The standard InChI is InChI=1S/C31H36O4/c1-5-6-7-8-24-9-11-25(12-10-24)26-13-15-29(23(4)19-26)30-16-14-28(34-18-17-32)20-27(30)21-35-31(33)22(2)3/h9-16,19-20,32H,2,5-8,17-18,21H2,1,3-4H3. The second-order valence-electron chi connectivity index (χ2n) is 8.93. The summed E-state index contributed by atoms with van der Waals surface area (Å²) in [6.07, 6.45) is 4.87. The molecule has 4 heteroatoms. The highest BCUT2D eigenvalue weighted by atomic mass is 16.5. The Bertz CT molecular complexity index is 1150. The van der Waals surface area contributed by atoms with E-state index in [1.807, 2.05) is 18.2 Å². The fourth-order valence-corrected chi connectivity index (χ4v) is 4.06. The van der Waals surface area contributed by atoms with Crippen molar-refractivity contribution in [1.82, 2.24) is 0 Å². The van der Waals surface area contributed by atoms with Crippen LogP contribution in [0.1, 0.15) is 49.8 Å². The smallest absolute Gasteiger partial charge is 0.333 e. The van der Waals surface area contributed by atoms with E-state index in [4.69, 9.17) is 14.6 Å². The number of hydrogen-bond donors (Lipinski definition) is 1. The Labute approximate surface area is 209 Å². The van der Waals surface area contributed by atoms with Gasteiger partial charge in [-0.1, -0.05) is 74.9 Å². The van der Waals surface area contributed by atoms with Crippen LogP contribution >= 0.6 is 0 Å². The molecule has 0 heterocycles. The maximum absolute atomic E-state index is 12.0. The molecule has 3 aromatic rings. The van der Waals surface area contributed by atoms with Crippen LogP contribution in [0, 0.1) is 6.92 Å². The van der Waals surface area contributed by atoms with E-state index in [1.165, 1.54) is 36.0 Å². The molecule has 1 N–H and O–H groups in total. The Kier molecular flexibility index (Phi) is 9.68. The van der Waals surface area contributed by atoms with Gasteiger partial charge in [0, 0.05) is 11.1 Å². The van der Waals surface area contributed by atoms with Crippen LogP contribution in [0.15, 0.2) is 72.8 Å². The third-order valence-electron chi connectivity index (χ3n) is 6.02. The monoisotopic (exact) mass is 472 g/mol. The largest absolute Gasteiger partial charge is 0.491 e. The van der Waals surface area contributed by atoms with Crippen molar-refractivity contribution in [2.45, 2.75) is 53.1 Å². The van der Waals surface area contributed by atoms with Gasteiger partial charge in [-0.05, 0) is 72.2 Å². The van der Waals surface area contributed by atoms with E-state index in [1.54, 1.807) is 6.92 Å². The summed E-state index contributed by atoms with van der Waals surface area (Å²) in [5, 5.41) is 9.08. The lowest BCUT2D eigenvalue weighted by Crippen LogP contribution is -2.07. The van der Waals surface area contributed by atoms with Crippen LogP contribution in [0.2, 0.25) is 0 Å². The fourth-order valence-electron chi connectivity index (χ4n) is 4.06. The first-order valence-electron chi connectivity index (χ1n) is 12.3. The summed E-state index contributed by atoms with van der Waals surface area (Å²) in [6, 6.07) is 21.0. The van der Waals surface area contributed by atoms with Gasteiger partial charge in [-0.15, -0.1) is 0 Å². The van der Waals surface area contributed by atoms with Crippen LogP contribution in [0.5, 0.6) is 5.75 Å². The second-order valence-corrected chi connectivity index (χ2v) is 8.93. The van der Waals surface area contributed by atoms with Crippen molar-refractivity contribution >= 4 is 5.97 Å². The Morgan fingerprint density at radius 1 is 0.943 bits per heavy atom. The summed E-state index contributed by atoms with van der Waals surface area (Å²) in [7, 11) is 0. The van der Waals surface area contributed by atoms with Gasteiger partial charge < -0.3 is 14.6 Å². The topological polar surface area (TPSA) is 55.8 Å². The highest BCUT2D eigenvalue weighted by Crippen LogP contribution is 2.33. The van der Waals surface area contributed by atoms with Crippen molar-refractivity contribution < 1.29 is 19.4 Å². The number of unbranched alkanes of at least 4 members (excludes halogenated alkanes) is 2. The van der Waals surface area contributed by atoms with Gasteiger partial charge in [0.15, 0.2) is 0 Å². The maximum Gasteiger partial charge on any atom is 0.333 e. The highest BCUT2D eigenvalue weighted by molar-refractivity contribution is 5.87. The van der Waals surface area contributed by atoms with Gasteiger partial charge in [-0.2, -0.15) is 0 Å². The van der Waals surface area contributed by atoms with E-state index >= 15 is 0 Å². The zero-order chi connectivity index (χ0) is 25.2. The summed E-state index contributed by atoms with van der Waals surface area (Å²) in [6.45, 7) is 9.85. The van der Waals surface area contributed by atoms with E-state index in [9.17, 15) is 4.79 Å². The van der Waals surface area contributed by atoms with Crippen LogP contribution in [0.3, 0.4) is 0 Å². The Morgan fingerprint density at radius 3 is 2.31 bits per heavy atom. The number of esters is 1. The summed E-state index contributed by atoms with van der Waals surface area (Å²) in [5.74, 6) is 0.195. The quantitative estimate of drug-likeness (QED) is 0.174. The molecule has 0 saturated carbocycles. The molecule has 0 unspecified atom stereocenters. The number of aryl methyl sites for hydroxylation is 2. The van der Waals surface area contributed by atoms with Gasteiger partial charge in [0.05, 0.1) is 6.61 Å².